The van der Waals surface area contributed by atoms with Crippen molar-refractivity contribution in [1.82, 2.24) is 5.32 Å². The molecule has 0 spiro atoms. The van der Waals surface area contributed by atoms with E-state index in [9.17, 15) is 0 Å². The average Bonchev–Trinajstić information content (AvgIpc) is 2.35. The van der Waals surface area contributed by atoms with E-state index in [-0.39, 0.29) is 0 Å². The Bertz CT molecular complexity index is 337. The third kappa shape index (κ3) is 3.96. The summed E-state index contributed by atoms with van der Waals surface area (Å²) in [5.41, 5.74) is 1.30. The van der Waals surface area contributed by atoms with Crippen LogP contribution in [-0.2, 0) is 6.42 Å². The third-order valence-electron chi connectivity index (χ3n) is 2.69. The van der Waals surface area contributed by atoms with E-state index in [1.807, 2.05) is 19.2 Å². The third-order valence-corrected chi connectivity index (χ3v) is 2.69. The van der Waals surface area contributed by atoms with Gasteiger partial charge in [-0.25, -0.2) is 0 Å². The molecule has 0 aromatic heterocycles. The van der Waals surface area contributed by atoms with E-state index in [0.717, 1.165) is 25.0 Å². The molecule has 0 fully saturated rings. The maximum absolute atomic E-state index is 5.27. The lowest BCUT2D eigenvalue weighted by atomic mass is 10.0. The Morgan fingerprint density at radius 2 is 2.06 bits per heavy atom. The maximum Gasteiger partial charge on any atom is 0.118 e. The summed E-state index contributed by atoms with van der Waals surface area (Å²) in [7, 11) is 3.66. The summed E-state index contributed by atoms with van der Waals surface area (Å²) in [6.45, 7) is 0. The van der Waals surface area contributed by atoms with Crippen molar-refractivity contribution in [3.05, 3.63) is 29.8 Å². The van der Waals surface area contributed by atoms with Gasteiger partial charge in [0.15, 0.2) is 0 Å². The minimum atomic E-state index is 0.449. The van der Waals surface area contributed by atoms with Gasteiger partial charge in [0.25, 0.3) is 0 Å². The normalized spacial score (nSPS) is 11.8. The summed E-state index contributed by atoms with van der Waals surface area (Å²) in [5, 5.41) is 3.29. The summed E-state index contributed by atoms with van der Waals surface area (Å²) in [5.74, 6) is 3.57. The summed E-state index contributed by atoms with van der Waals surface area (Å²) >= 11 is 0. The van der Waals surface area contributed by atoms with E-state index in [1.165, 1.54) is 5.56 Å². The van der Waals surface area contributed by atoms with Crippen molar-refractivity contribution in [2.45, 2.75) is 25.3 Å². The van der Waals surface area contributed by atoms with Crippen molar-refractivity contribution in [3.63, 3.8) is 0 Å². The monoisotopic (exact) mass is 217 g/mol. The molecule has 0 aliphatic carbocycles. The molecule has 16 heavy (non-hydrogen) atoms. The van der Waals surface area contributed by atoms with E-state index in [2.05, 4.69) is 23.4 Å². The molecule has 1 aromatic rings. The van der Waals surface area contributed by atoms with Gasteiger partial charge < -0.3 is 10.1 Å². The van der Waals surface area contributed by atoms with Gasteiger partial charge in [-0.3, -0.25) is 0 Å². The van der Waals surface area contributed by atoms with Gasteiger partial charge in [-0.05, 0) is 37.6 Å². The lowest BCUT2D eigenvalue weighted by Crippen LogP contribution is -2.27. The molecule has 1 aromatic carbocycles. The lowest BCUT2D eigenvalue weighted by molar-refractivity contribution is 0.414. The molecule has 0 aliphatic heterocycles. The van der Waals surface area contributed by atoms with Crippen LogP contribution in [0.15, 0.2) is 24.3 Å². The Morgan fingerprint density at radius 3 is 2.56 bits per heavy atom. The average molecular weight is 217 g/mol. The van der Waals surface area contributed by atoms with E-state index < -0.39 is 0 Å². The molecule has 0 heterocycles. The van der Waals surface area contributed by atoms with Gasteiger partial charge in [0.2, 0.25) is 0 Å². The van der Waals surface area contributed by atoms with Gasteiger partial charge >= 0.3 is 0 Å². The first kappa shape index (κ1) is 12.6. The Hall–Kier alpha value is -1.46. The minimum Gasteiger partial charge on any atom is -0.497 e. The molecule has 0 bridgehead atoms. The fourth-order valence-corrected chi connectivity index (χ4v) is 1.65. The standard InChI is InChI=1S/C14H19NO/c1-4-5-6-13(15-2)11-12-7-9-14(16-3)10-8-12/h1,7-10,13,15H,5-6,11H2,2-3H3. The van der Waals surface area contributed by atoms with Crippen molar-refractivity contribution in [2.24, 2.45) is 0 Å². The molecular weight excluding hydrogens is 198 g/mol. The molecule has 86 valence electrons. The van der Waals surface area contributed by atoms with Gasteiger partial charge in [0.05, 0.1) is 7.11 Å². The summed E-state index contributed by atoms with van der Waals surface area (Å²) < 4.78 is 5.12. The van der Waals surface area contributed by atoms with E-state index in [4.69, 9.17) is 11.2 Å². The zero-order chi connectivity index (χ0) is 11.8. The maximum atomic E-state index is 5.27. The SMILES string of the molecule is C#CCCC(Cc1ccc(OC)cc1)NC. The number of nitrogens with one attached hydrogen (secondary N) is 1. The van der Waals surface area contributed by atoms with Crippen molar-refractivity contribution in [2.75, 3.05) is 14.2 Å². The van der Waals surface area contributed by atoms with Crippen LogP contribution in [0, 0.1) is 12.3 Å². The van der Waals surface area contributed by atoms with Crippen LogP contribution in [0.4, 0.5) is 0 Å². The van der Waals surface area contributed by atoms with Crippen LogP contribution in [0.5, 0.6) is 5.75 Å². The van der Waals surface area contributed by atoms with Crippen LogP contribution < -0.4 is 10.1 Å². The van der Waals surface area contributed by atoms with Crippen molar-refractivity contribution in [1.29, 1.82) is 0 Å². The lowest BCUT2D eigenvalue weighted by Gasteiger charge is -2.14. The van der Waals surface area contributed by atoms with Crippen molar-refractivity contribution >= 4 is 0 Å². The predicted octanol–water partition coefficient (Wildman–Crippen LogP) is 2.24. The van der Waals surface area contributed by atoms with Crippen LogP contribution in [0.25, 0.3) is 0 Å². The number of terminal acetylenes is 1. The zero-order valence-corrected chi connectivity index (χ0v) is 9.99. The zero-order valence-electron chi connectivity index (χ0n) is 9.99. The number of benzene rings is 1. The molecular formula is C14H19NO. The van der Waals surface area contributed by atoms with Gasteiger partial charge in [0, 0.05) is 12.5 Å². The number of hydrogen-bond acceptors (Lipinski definition) is 2. The molecule has 2 heteroatoms. The fourth-order valence-electron chi connectivity index (χ4n) is 1.65. The fraction of sp³-hybridized carbons (Fsp3) is 0.429. The second-order valence-corrected chi connectivity index (χ2v) is 3.78. The van der Waals surface area contributed by atoms with Gasteiger partial charge in [-0.2, -0.15) is 0 Å². The molecule has 1 N–H and O–H groups in total. The first-order valence-electron chi connectivity index (χ1n) is 5.53. The summed E-state index contributed by atoms with van der Waals surface area (Å²) in [4.78, 5) is 0. The van der Waals surface area contributed by atoms with Crippen LogP contribution in [0.3, 0.4) is 0 Å². The summed E-state index contributed by atoms with van der Waals surface area (Å²) in [6, 6.07) is 8.62. The molecule has 1 atom stereocenters. The Morgan fingerprint density at radius 1 is 1.38 bits per heavy atom. The Balaban J connectivity index is 2.53. The molecule has 0 amide bonds. The second kappa shape index (κ2) is 6.92. The van der Waals surface area contributed by atoms with Crippen molar-refractivity contribution < 1.29 is 4.74 Å². The molecule has 0 aliphatic rings. The molecule has 0 saturated heterocycles. The largest absolute Gasteiger partial charge is 0.497 e. The van der Waals surface area contributed by atoms with Crippen molar-refractivity contribution in [3.8, 4) is 18.1 Å². The first-order valence-corrected chi connectivity index (χ1v) is 5.53. The van der Waals surface area contributed by atoms with Gasteiger partial charge in [-0.15, -0.1) is 12.3 Å². The molecule has 0 saturated carbocycles. The molecule has 2 nitrogen and oxygen atoms in total. The highest BCUT2D eigenvalue weighted by molar-refractivity contribution is 5.27. The van der Waals surface area contributed by atoms with Gasteiger partial charge in [0.1, 0.15) is 5.75 Å². The molecule has 1 unspecified atom stereocenters. The highest BCUT2D eigenvalue weighted by Gasteiger charge is 2.06. The van der Waals surface area contributed by atoms with Crippen LogP contribution in [0.1, 0.15) is 18.4 Å². The van der Waals surface area contributed by atoms with E-state index >= 15 is 0 Å². The predicted molar refractivity (Wildman–Crippen MR) is 67.6 cm³/mol. The van der Waals surface area contributed by atoms with Crippen LogP contribution >= 0.6 is 0 Å². The quantitative estimate of drug-likeness (QED) is 0.738. The second-order valence-electron chi connectivity index (χ2n) is 3.78. The first-order chi connectivity index (χ1) is 7.80. The van der Waals surface area contributed by atoms with E-state index in [0.29, 0.717) is 6.04 Å². The Kier molecular flexibility index (Phi) is 5.45. The highest BCUT2D eigenvalue weighted by Crippen LogP contribution is 2.13. The molecule has 0 radical (unpaired) electrons. The number of likely N-dealkylation sites (N-methyl/N-ethyl adjacent to an activating group) is 1. The number of methoxy groups -OCH3 is 1. The van der Waals surface area contributed by atoms with Crippen LogP contribution in [-0.4, -0.2) is 20.2 Å². The topological polar surface area (TPSA) is 21.3 Å². The van der Waals surface area contributed by atoms with Gasteiger partial charge in [-0.1, -0.05) is 12.1 Å². The number of hydrogen-bond donors (Lipinski definition) is 1. The number of ether oxygens (including phenoxy) is 1. The van der Waals surface area contributed by atoms with E-state index in [1.54, 1.807) is 7.11 Å². The minimum absolute atomic E-state index is 0.449. The van der Waals surface area contributed by atoms with Crippen LogP contribution in [0.2, 0.25) is 0 Å². The highest BCUT2D eigenvalue weighted by atomic mass is 16.5. The smallest absolute Gasteiger partial charge is 0.118 e. The molecule has 1 rings (SSSR count). The summed E-state index contributed by atoms with van der Waals surface area (Å²) in [6.07, 6.45) is 8.10. The Labute approximate surface area is 98.0 Å². The number of rotatable bonds is 6.